The highest BCUT2D eigenvalue weighted by molar-refractivity contribution is 9.10. The predicted octanol–water partition coefficient (Wildman–Crippen LogP) is 2.65. The molecular weight excluding hydrogens is 392 g/mol. The molecule has 1 aromatic carbocycles. The van der Waals surface area contributed by atoms with Crippen molar-refractivity contribution in [3.8, 4) is 0 Å². The summed E-state index contributed by atoms with van der Waals surface area (Å²) in [4.78, 5) is 13.9. The van der Waals surface area contributed by atoms with Crippen LogP contribution in [0.1, 0.15) is 11.3 Å². The molecule has 0 saturated heterocycles. The van der Waals surface area contributed by atoms with Gasteiger partial charge in [-0.05, 0) is 38.4 Å². The van der Waals surface area contributed by atoms with Crippen LogP contribution in [0.4, 0.5) is 5.69 Å². The van der Waals surface area contributed by atoms with Gasteiger partial charge in [0.15, 0.2) is 0 Å². The van der Waals surface area contributed by atoms with Crippen molar-refractivity contribution in [2.24, 2.45) is 10.1 Å². The van der Waals surface area contributed by atoms with Gasteiger partial charge in [-0.2, -0.15) is 5.10 Å². The summed E-state index contributed by atoms with van der Waals surface area (Å²) in [5.74, 6) is 1.03. The predicted molar refractivity (Wildman–Crippen MR) is 109 cm³/mol. The number of hydrazone groups is 1. The van der Waals surface area contributed by atoms with E-state index in [1.165, 1.54) is 0 Å². The van der Waals surface area contributed by atoms with E-state index < -0.39 is 0 Å². The Kier molecular flexibility index (Phi) is 4.50. The quantitative estimate of drug-likeness (QED) is 0.777. The van der Waals surface area contributed by atoms with Crippen LogP contribution < -0.4 is 4.90 Å². The second-order valence-electron chi connectivity index (χ2n) is 6.72. The average Bonchev–Trinajstić information content (AvgIpc) is 2.81. The topological polar surface area (TPSA) is 47.3 Å². The molecule has 0 radical (unpaired) electrons. The first kappa shape index (κ1) is 17.2. The van der Waals surface area contributed by atoms with E-state index >= 15 is 0 Å². The first-order valence-corrected chi connectivity index (χ1v) is 9.34. The molecular formula is C19H21BrN6. The fourth-order valence-electron chi connectivity index (χ4n) is 3.44. The molecule has 0 bridgehead atoms. The molecule has 1 aromatic heterocycles. The van der Waals surface area contributed by atoms with Gasteiger partial charge < -0.3 is 9.80 Å². The first-order valence-electron chi connectivity index (χ1n) is 8.55. The molecule has 0 amide bonds. The van der Waals surface area contributed by atoms with Gasteiger partial charge in [-0.15, -0.1) is 0 Å². The fourth-order valence-corrected chi connectivity index (χ4v) is 3.98. The molecule has 0 N–H and O–H groups in total. The van der Waals surface area contributed by atoms with E-state index in [0.717, 1.165) is 39.5 Å². The summed E-state index contributed by atoms with van der Waals surface area (Å²) in [7, 11) is 6.13. The number of pyridine rings is 1. The molecule has 1 atom stereocenters. The minimum Gasteiger partial charge on any atom is -0.302 e. The Hall–Kier alpha value is -2.25. The molecule has 0 aliphatic carbocycles. The van der Waals surface area contributed by atoms with Crippen molar-refractivity contribution in [1.82, 2.24) is 14.9 Å². The molecule has 0 fully saturated rings. The zero-order valence-electron chi connectivity index (χ0n) is 15.1. The number of amidine groups is 1. The summed E-state index contributed by atoms with van der Waals surface area (Å²) < 4.78 is 1.01. The summed E-state index contributed by atoms with van der Waals surface area (Å²) in [6.45, 7) is 1.40. The largest absolute Gasteiger partial charge is 0.302 e. The molecule has 4 rings (SSSR count). The van der Waals surface area contributed by atoms with Crippen LogP contribution in [0.25, 0.3) is 0 Å². The van der Waals surface area contributed by atoms with Crippen LogP contribution in [-0.2, 0) is 0 Å². The van der Waals surface area contributed by atoms with Crippen molar-refractivity contribution in [2.45, 2.75) is 6.17 Å². The highest BCUT2D eigenvalue weighted by Gasteiger charge is 2.37. The molecule has 1 unspecified atom stereocenters. The summed E-state index contributed by atoms with van der Waals surface area (Å²) in [5, 5.41) is 6.78. The molecule has 2 aliphatic rings. The summed E-state index contributed by atoms with van der Waals surface area (Å²) in [6, 6.07) is 12.2. The number of likely N-dealkylation sites (N-methyl/N-ethyl adjacent to an activating group) is 2. The zero-order valence-corrected chi connectivity index (χ0v) is 16.7. The lowest BCUT2D eigenvalue weighted by atomic mass is 10.0. The number of halogens is 1. The highest BCUT2D eigenvalue weighted by atomic mass is 79.9. The normalized spacial score (nSPS) is 19.0. The first-order chi connectivity index (χ1) is 12.6. The van der Waals surface area contributed by atoms with Gasteiger partial charge in [-0.3, -0.25) is 15.0 Å². The van der Waals surface area contributed by atoms with E-state index in [1.54, 1.807) is 0 Å². The highest BCUT2D eigenvalue weighted by Crippen LogP contribution is 2.36. The van der Waals surface area contributed by atoms with Crippen molar-refractivity contribution >= 4 is 33.2 Å². The summed E-state index contributed by atoms with van der Waals surface area (Å²) >= 11 is 3.74. The van der Waals surface area contributed by atoms with Crippen molar-refractivity contribution in [1.29, 1.82) is 0 Å². The summed E-state index contributed by atoms with van der Waals surface area (Å²) in [5.41, 5.74) is 3.97. The Balaban J connectivity index is 1.89. The van der Waals surface area contributed by atoms with Crippen molar-refractivity contribution in [3.63, 3.8) is 0 Å². The molecule has 134 valence electrons. The van der Waals surface area contributed by atoms with Gasteiger partial charge in [0.2, 0.25) is 0 Å². The third kappa shape index (κ3) is 2.91. The van der Waals surface area contributed by atoms with Crippen LogP contribution in [0, 0.1) is 0 Å². The number of rotatable bonds is 3. The van der Waals surface area contributed by atoms with Gasteiger partial charge in [0, 0.05) is 23.3 Å². The van der Waals surface area contributed by atoms with Crippen molar-refractivity contribution < 1.29 is 0 Å². The second kappa shape index (κ2) is 6.81. The Labute approximate surface area is 162 Å². The Morgan fingerprint density at radius 2 is 2.04 bits per heavy atom. The molecule has 3 heterocycles. The van der Waals surface area contributed by atoms with Crippen LogP contribution in [0.3, 0.4) is 0 Å². The van der Waals surface area contributed by atoms with E-state index in [1.807, 2.05) is 36.5 Å². The number of nitrogens with zero attached hydrogens (tertiary/aromatic N) is 6. The van der Waals surface area contributed by atoms with Gasteiger partial charge in [-0.25, -0.2) is 0 Å². The van der Waals surface area contributed by atoms with E-state index in [9.17, 15) is 0 Å². The molecule has 7 heteroatoms. The maximum Gasteiger partial charge on any atom is 0.145 e. The van der Waals surface area contributed by atoms with Crippen LogP contribution in [0.15, 0.2) is 57.2 Å². The van der Waals surface area contributed by atoms with Gasteiger partial charge in [0.25, 0.3) is 0 Å². The average molecular weight is 413 g/mol. The Bertz CT molecular complexity index is 877. The van der Waals surface area contributed by atoms with Crippen LogP contribution >= 0.6 is 15.9 Å². The van der Waals surface area contributed by atoms with Gasteiger partial charge in [0.1, 0.15) is 12.0 Å². The number of hydrogen-bond acceptors (Lipinski definition) is 6. The smallest absolute Gasteiger partial charge is 0.145 e. The lowest BCUT2D eigenvalue weighted by Gasteiger charge is -2.29. The minimum atomic E-state index is 0.0687. The number of aromatic nitrogens is 1. The molecule has 6 nitrogen and oxygen atoms in total. The number of hydrogen-bond donors (Lipinski definition) is 0. The Morgan fingerprint density at radius 1 is 1.19 bits per heavy atom. The lowest BCUT2D eigenvalue weighted by Crippen LogP contribution is -2.45. The van der Waals surface area contributed by atoms with Crippen LogP contribution in [-0.4, -0.2) is 66.8 Å². The van der Waals surface area contributed by atoms with Gasteiger partial charge in [-0.1, -0.05) is 28.1 Å². The minimum absolute atomic E-state index is 0.0687. The molecule has 2 aliphatic heterocycles. The Morgan fingerprint density at radius 3 is 2.77 bits per heavy atom. The third-order valence-corrected chi connectivity index (χ3v) is 5.21. The van der Waals surface area contributed by atoms with E-state index in [4.69, 9.17) is 10.1 Å². The number of fused-ring (bicyclic) bond motifs is 3. The number of anilines is 1. The molecule has 2 aromatic rings. The zero-order chi connectivity index (χ0) is 18.3. The molecule has 26 heavy (non-hydrogen) atoms. The molecule has 0 saturated carbocycles. The van der Waals surface area contributed by atoms with E-state index in [-0.39, 0.29) is 6.17 Å². The lowest BCUT2D eigenvalue weighted by molar-refractivity contribution is 0.292. The van der Waals surface area contributed by atoms with E-state index in [0.29, 0.717) is 6.54 Å². The van der Waals surface area contributed by atoms with Crippen LogP contribution in [0.2, 0.25) is 0 Å². The van der Waals surface area contributed by atoms with Crippen molar-refractivity contribution in [2.75, 3.05) is 39.1 Å². The maximum absolute atomic E-state index is 4.96. The SMILES string of the molecule is CN(C)CC1=NN(C)C2CN=C(c3ccccn3)c3c(Br)cccc3N12. The van der Waals surface area contributed by atoms with Gasteiger partial charge >= 0.3 is 0 Å². The standard InChI is InChI=1S/C19H21BrN6/c1-24(2)12-16-23-25(3)17-11-22-19(14-8-4-5-10-21-14)18-13(20)7-6-9-15(18)26(16)17/h4-10,17H,11-12H2,1-3H3. The number of benzene rings is 1. The second-order valence-corrected chi connectivity index (χ2v) is 7.57. The monoisotopic (exact) mass is 412 g/mol. The van der Waals surface area contributed by atoms with E-state index in [2.05, 4.69) is 63.0 Å². The van der Waals surface area contributed by atoms with Gasteiger partial charge in [0.05, 0.1) is 30.2 Å². The van der Waals surface area contributed by atoms with Crippen LogP contribution in [0.5, 0.6) is 0 Å². The third-order valence-electron chi connectivity index (χ3n) is 4.55. The maximum atomic E-state index is 4.96. The summed E-state index contributed by atoms with van der Waals surface area (Å²) in [6.07, 6.45) is 1.88. The number of aliphatic imine (C=N–C) groups is 1. The fraction of sp³-hybridized carbons (Fsp3) is 0.316. The van der Waals surface area contributed by atoms with Crippen molar-refractivity contribution in [3.05, 3.63) is 58.3 Å². The molecule has 0 spiro atoms.